The summed E-state index contributed by atoms with van der Waals surface area (Å²) in [6, 6.07) is 13.9. The first-order valence-electron chi connectivity index (χ1n) is 6.96. The second-order valence-corrected chi connectivity index (χ2v) is 5.31. The van der Waals surface area contributed by atoms with Crippen LogP contribution >= 0.6 is 11.6 Å². The van der Waals surface area contributed by atoms with Gasteiger partial charge in [-0.2, -0.15) is 0 Å². The van der Waals surface area contributed by atoms with Crippen LogP contribution in [-0.2, 0) is 0 Å². The van der Waals surface area contributed by atoms with Crippen molar-refractivity contribution in [2.75, 3.05) is 11.9 Å². The molecule has 0 atom stereocenters. The molecule has 0 aliphatic rings. The highest BCUT2D eigenvalue weighted by molar-refractivity contribution is 6.31. The van der Waals surface area contributed by atoms with E-state index < -0.39 is 0 Å². The number of fused-ring (bicyclic) bond motifs is 1. The number of nitrogens with one attached hydrogen (secondary N) is 1. The minimum Gasteiger partial charge on any atom is -0.370 e. The first-order valence-corrected chi connectivity index (χ1v) is 7.34. The first-order chi connectivity index (χ1) is 10.2. The van der Waals surface area contributed by atoms with E-state index >= 15 is 0 Å². The Morgan fingerprint density at radius 1 is 1.10 bits per heavy atom. The minimum absolute atomic E-state index is 0.687. The lowest BCUT2D eigenvalue weighted by molar-refractivity contribution is 1.14. The molecule has 21 heavy (non-hydrogen) atoms. The predicted octanol–water partition coefficient (Wildman–Crippen LogP) is 4.69. The second-order valence-electron chi connectivity index (χ2n) is 4.91. The fourth-order valence-corrected chi connectivity index (χ4v) is 2.42. The van der Waals surface area contributed by atoms with Gasteiger partial charge in [-0.05, 0) is 37.6 Å². The van der Waals surface area contributed by atoms with Crippen molar-refractivity contribution in [3.8, 4) is 11.4 Å². The summed E-state index contributed by atoms with van der Waals surface area (Å²) in [4.78, 5) is 9.30. The van der Waals surface area contributed by atoms with Crippen LogP contribution in [0, 0.1) is 6.92 Å². The Bertz CT molecular complexity index is 799. The van der Waals surface area contributed by atoms with Crippen LogP contribution in [0.5, 0.6) is 0 Å². The van der Waals surface area contributed by atoms with Crippen molar-refractivity contribution in [2.45, 2.75) is 13.8 Å². The maximum atomic E-state index is 6.21. The number of aromatic nitrogens is 2. The number of nitrogens with zero attached hydrogens (tertiary/aromatic N) is 2. The number of hydrogen-bond acceptors (Lipinski definition) is 3. The van der Waals surface area contributed by atoms with Gasteiger partial charge in [-0.3, -0.25) is 0 Å². The van der Waals surface area contributed by atoms with Gasteiger partial charge >= 0.3 is 0 Å². The number of halogens is 1. The average molecular weight is 298 g/mol. The summed E-state index contributed by atoms with van der Waals surface area (Å²) in [5, 5.41) is 5.06. The topological polar surface area (TPSA) is 37.8 Å². The molecule has 106 valence electrons. The highest BCUT2D eigenvalue weighted by atomic mass is 35.5. The van der Waals surface area contributed by atoms with Crippen LogP contribution < -0.4 is 5.32 Å². The minimum atomic E-state index is 0.687. The van der Waals surface area contributed by atoms with Crippen LogP contribution in [0.15, 0.2) is 42.5 Å². The van der Waals surface area contributed by atoms with E-state index in [0.717, 1.165) is 39.4 Å². The molecule has 0 bridgehead atoms. The molecule has 0 aliphatic carbocycles. The lowest BCUT2D eigenvalue weighted by Crippen LogP contribution is -2.02. The molecule has 1 N–H and O–H groups in total. The largest absolute Gasteiger partial charge is 0.370 e. The molecular weight excluding hydrogens is 282 g/mol. The standard InChI is InChI=1S/C17H16ClN3/c1-3-19-17-13-6-4-5-7-15(13)20-16(21-17)12-9-8-11(2)14(18)10-12/h4-10H,3H2,1-2H3,(H,19,20,21). The Hall–Kier alpha value is -2.13. The first kappa shape index (κ1) is 13.8. The van der Waals surface area contributed by atoms with Crippen LogP contribution in [0.3, 0.4) is 0 Å². The highest BCUT2D eigenvalue weighted by Gasteiger charge is 2.09. The summed E-state index contributed by atoms with van der Waals surface area (Å²) in [5.74, 6) is 1.54. The van der Waals surface area contributed by atoms with Crippen molar-refractivity contribution >= 4 is 28.3 Å². The fourth-order valence-electron chi connectivity index (χ4n) is 2.24. The Labute approximate surface area is 129 Å². The summed E-state index contributed by atoms with van der Waals surface area (Å²) in [5.41, 5.74) is 2.90. The molecule has 0 saturated carbocycles. The monoisotopic (exact) mass is 297 g/mol. The molecule has 3 nitrogen and oxygen atoms in total. The van der Waals surface area contributed by atoms with Crippen molar-refractivity contribution in [3.63, 3.8) is 0 Å². The Balaban J connectivity index is 2.20. The van der Waals surface area contributed by atoms with Crippen molar-refractivity contribution in [1.29, 1.82) is 0 Å². The molecule has 0 unspecified atom stereocenters. The molecule has 0 saturated heterocycles. The van der Waals surface area contributed by atoms with Crippen LogP contribution in [0.25, 0.3) is 22.3 Å². The van der Waals surface area contributed by atoms with E-state index in [0.29, 0.717) is 5.82 Å². The number of rotatable bonds is 3. The fraction of sp³-hybridized carbons (Fsp3) is 0.176. The SMILES string of the molecule is CCNc1nc(-c2ccc(C)c(Cl)c2)nc2ccccc12. The molecule has 2 aromatic carbocycles. The number of para-hydroxylation sites is 1. The summed E-state index contributed by atoms with van der Waals surface area (Å²) >= 11 is 6.21. The van der Waals surface area contributed by atoms with Crippen LogP contribution in [0.4, 0.5) is 5.82 Å². The van der Waals surface area contributed by atoms with Crippen LogP contribution in [-0.4, -0.2) is 16.5 Å². The molecule has 0 amide bonds. The third-order valence-corrected chi connectivity index (χ3v) is 3.78. The maximum absolute atomic E-state index is 6.21. The molecule has 1 aromatic heterocycles. The molecule has 1 heterocycles. The van der Waals surface area contributed by atoms with E-state index in [2.05, 4.69) is 22.2 Å². The Morgan fingerprint density at radius 3 is 2.67 bits per heavy atom. The zero-order valence-corrected chi connectivity index (χ0v) is 12.8. The second kappa shape index (κ2) is 5.70. The molecule has 0 spiro atoms. The van der Waals surface area contributed by atoms with E-state index in [-0.39, 0.29) is 0 Å². The van der Waals surface area contributed by atoms with Gasteiger partial charge in [0.15, 0.2) is 5.82 Å². The number of anilines is 1. The van der Waals surface area contributed by atoms with Gasteiger partial charge in [0.05, 0.1) is 5.52 Å². The molecule has 0 radical (unpaired) electrons. The van der Waals surface area contributed by atoms with E-state index in [9.17, 15) is 0 Å². The summed E-state index contributed by atoms with van der Waals surface area (Å²) < 4.78 is 0. The van der Waals surface area contributed by atoms with E-state index in [4.69, 9.17) is 11.6 Å². The summed E-state index contributed by atoms with van der Waals surface area (Å²) in [7, 11) is 0. The Kier molecular flexibility index (Phi) is 3.76. The molecule has 0 fully saturated rings. The summed E-state index contributed by atoms with van der Waals surface area (Å²) in [6.45, 7) is 4.85. The van der Waals surface area contributed by atoms with Gasteiger partial charge in [-0.25, -0.2) is 9.97 Å². The quantitative estimate of drug-likeness (QED) is 0.762. The Morgan fingerprint density at radius 2 is 1.90 bits per heavy atom. The summed E-state index contributed by atoms with van der Waals surface area (Å²) in [6.07, 6.45) is 0. The number of hydrogen-bond donors (Lipinski definition) is 1. The van der Waals surface area contributed by atoms with Crippen molar-refractivity contribution < 1.29 is 0 Å². The van der Waals surface area contributed by atoms with Gasteiger partial charge in [-0.15, -0.1) is 0 Å². The molecular formula is C17H16ClN3. The zero-order chi connectivity index (χ0) is 14.8. The third kappa shape index (κ3) is 2.69. The van der Waals surface area contributed by atoms with Gasteiger partial charge < -0.3 is 5.32 Å². The van der Waals surface area contributed by atoms with Crippen molar-refractivity contribution in [1.82, 2.24) is 9.97 Å². The van der Waals surface area contributed by atoms with E-state index in [1.165, 1.54) is 0 Å². The zero-order valence-electron chi connectivity index (χ0n) is 12.0. The van der Waals surface area contributed by atoms with Crippen LogP contribution in [0.2, 0.25) is 5.02 Å². The molecule has 3 rings (SSSR count). The predicted molar refractivity (Wildman–Crippen MR) is 88.9 cm³/mol. The highest BCUT2D eigenvalue weighted by Crippen LogP contribution is 2.27. The smallest absolute Gasteiger partial charge is 0.162 e. The van der Waals surface area contributed by atoms with Gasteiger partial charge in [0, 0.05) is 22.5 Å². The lowest BCUT2D eigenvalue weighted by atomic mass is 10.1. The molecule has 0 aliphatic heterocycles. The van der Waals surface area contributed by atoms with Crippen molar-refractivity contribution in [2.24, 2.45) is 0 Å². The lowest BCUT2D eigenvalue weighted by Gasteiger charge is -2.10. The van der Waals surface area contributed by atoms with Gasteiger partial charge in [0.25, 0.3) is 0 Å². The number of aryl methyl sites for hydroxylation is 1. The van der Waals surface area contributed by atoms with Crippen molar-refractivity contribution in [3.05, 3.63) is 53.1 Å². The molecule has 4 heteroatoms. The number of benzene rings is 2. The van der Waals surface area contributed by atoms with Crippen LogP contribution in [0.1, 0.15) is 12.5 Å². The van der Waals surface area contributed by atoms with E-state index in [1.54, 1.807) is 0 Å². The van der Waals surface area contributed by atoms with Gasteiger partial charge in [0.2, 0.25) is 0 Å². The average Bonchev–Trinajstić information content (AvgIpc) is 2.50. The third-order valence-electron chi connectivity index (χ3n) is 3.38. The van der Waals surface area contributed by atoms with E-state index in [1.807, 2.05) is 49.4 Å². The van der Waals surface area contributed by atoms with Gasteiger partial charge in [-0.1, -0.05) is 35.9 Å². The maximum Gasteiger partial charge on any atom is 0.162 e. The van der Waals surface area contributed by atoms with Gasteiger partial charge in [0.1, 0.15) is 5.82 Å². The molecule has 3 aromatic rings. The normalized spacial score (nSPS) is 10.8.